The van der Waals surface area contributed by atoms with Crippen molar-refractivity contribution in [1.82, 2.24) is 0 Å². The Labute approximate surface area is 70.6 Å². The number of rotatable bonds is 4. The highest BCUT2D eigenvalue weighted by molar-refractivity contribution is 7.93. The zero-order chi connectivity index (χ0) is 8.91. The molecule has 0 spiro atoms. The molecule has 1 N–H and O–H groups in total. The first kappa shape index (κ1) is 10.5. The summed E-state index contributed by atoms with van der Waals surface area (Å²) in [7, 11) is 0. The van der Waals surface area contributed by atoms with E-state index in [9.17, 15) is 4.79 Å². The van der Waals surface area contributed by atoms with Crippen molar-refractivity contribution < 1.29 is 14.1 Å². The van der Waals surface area contributed by atoms with Crippen molar-refractivity contribution in [3.8, 4) is 0 Å². The van der Waals surface area contributed by atoms with Gasteiger partial charge < -0.3 is 9.29 Å². The number of esters is 1. The van der Waals surface area contributed by atoms with Crippen LogP contribution in [0, 0.1) is 0 Å². The van der Waals surface area contributed by atoms with E-state index in [0.717, 1.165) is 6.08 Å². The van der Waals surface area contributed by atoms with Crippen LogP contribution in [0.25, 0.3) is 0 Å². The second kappa shape index (κ2) is 4.41. The lowest BCUT2D eigenvalue weighted by Gasteiger charge is -2.22. The Bertz CT molecular complexity index is 154. The summed E-state index contributed by atoms with van der Waals surface area (Å²) in [5.41, 5.74) is -0.634. The summed E-state index contributed by atoms with van der Waals surface area (Å²) >= 11 is 0.650. The molecule has 0 heterocycles. The van der Waals surface area contributed by atoms with E-state index in [1.165, 1.54) is 0 Å². The maximum absolute atomic E-state index is 10.7. The highest BCUT2D eigenvalue weighted by Crippen LogP contribution is 2.14. The molecule has 11 heavy (non-hydrogen) atoms. The van der Waals surface area contributed by atoms with Crippen molar-refractivity contribution in [1.29, 1.82) is 0 Å². The third-order valence-electron chi connectivity index (χ3n) is 0.956. The van der Waals surface area contributed by atoms with Gasteiger partial charge in [-0.05, 0) is 25.9 Å². The van der Waals surface area contributed by atoms with Gasteiger partial charge >= 0.3 is 5.97 Å². The number of ether oxygens (including phenoxy) is 1. The van der Waals surface area contributed by atoms with Gasteiger partial charge in [0.15, 0.2) is 0 Å². The van der Waals surface area contributed by atoms with E-state index >= 15 is 0 Å². The Morgan fingerprint density at radius 1 is 1.82 bits per heavy atom. The number of hydrogen-bond donors (Lipinski definition) is 1. The standard InChI is InChI=1S/C7H12O3S/c1-4-6(8)10-7(2,3)5-11-9/h4,9H,1,5H2,2-3H3. The lowest BCUT2D eigenvalue weighted by molar-refractivity contribution is -0.148. The second-order valence-electron chi connectivity index (χ2n) is 2.66. The number of carbonyl (C=O) groups is 1. The number of hydrogen-bond acceptors (Lipinski definition) is 4. The minimum absolute atomic E-state index is 0.354. The van der Waals surface area contributed by atoms with Gasteiger partial charge in [0.25, 0.3) is 0 Å². The zero-order valence-corrected chi connectivity index (χ0v) is 7.48. The highest BCUT2D eigenvalue weighted by Gasteiger charge is 2.21. The fourth-order valence-electron chi connectivity index (χ4n) is 0.499. The van der Waals surface area contributed by atoms with Gasteiger partial charge in [-0.15, -0.1) is 0 Å². The summed E-state index contributed by atoms with van der Waals surface area (Å²) in [5.74, 6) is -0.115. The molecule has 0 fully saturated rings. The van der Waals surface area contributed by atoms with Gasteiger partial charge in [0.1, 0.15) is 5.60 Å². The van der Waals surface area contributed by atoms with Crippen LogP contribution in [0.5, 0.6) is 0 Å². The average molecular weight is 176 g/mol. The Kier molecular flexibility index (Phi) is 4.22. The first-order chi connectivity index (χ1) is 5.02. The van der Waals surface area contributed by atoms with Crippen molar-refractivity contribution in [3.63, 3.8) is 0 Å². The summed E-state index contributed by atoms with van der Waals surface area (Å²) in [6, 6.07) is 0. The van der Waals surface area contributed by atoms with E-state index in [0.29, 0.717) is 17.8 Å². The molecule has 0 aromatic rings. The van der Waals surface area contributed by atoms with Crippen LogP contribution >= 0.6 is 12.0 Å². The Morgan fingerprint density at radius 2 is 2.36 bits per heavy atom. The molecule has 0 aromatic heterocycles. The summed E-state index contributed by atoms with van der Waals surface area (Å²) in [6.07, 6.45) is 1.10. The van der Waals surface area contributed by atoms with Crippen LogP contribution in [0.3, 0.4) is 0 Å². The van der Waals surface area contributed by atoms with Crippen molar-refractivity contribution >= 4 is 18.0 Å². The number of carbonyl (C=O) groups excluding carboxylic acids is 1. The van der Waals surface area contributed by atoms with Crippen LogP contribution in [0.15, 0.2) is 12.7 Å². The fourth-order valence-corrected chi connectivity index (χ4v) is 0.869. The SMILES string of the molecule is C=CC(=O)OC(C)(C)CSO. The van der Waals surface area contributed by atoms with Gasteiger partial charge in [0.2, 0.25) is 0 Å². The molecule has 0 radical (unpaired) electrons. The first-order valence-electron chi connectivity index (χ1n) is 3.13. The smallest absolute Gasteiger partial charge is 0.330 e. The predicted octanol–water partition coefficient (Wildman–Crippen LogP) is 1.70. The fraction of sp³-hybridized carbons (Fsp3) is 0.571. The molecule has 0 saturated carbocycles. The average Bonchev–Trinajstić information content (AvgIpc) is 1.86. The van der Waals surface area contributed by atoms with Crippen LogP contribution in [0.4, 0.5) is 0 Å². The normalized spacial score (nSPS) is 10.8. The molecular weight excluding hydrogens is 164 g/mol. The Balaban J connectivity index is 3.89. The Hall–Kier alpha value is -0.480. The molecule has 3 nitrogen and oxygen atoms in total. The predicted molar refractivity (Wildman–Crippen MR) is 45.5 cm³/mol. The van der Waals surface area contributed by atoms with Crippen LogP contribution in [0.2, 0.25) is 0 Å². The van der Waals surface area contributed by atoms with E-state index in [-0.39, 0.29) is 0 Å². The minimum Gasteiger partial charge on any atom is -0.456 e. The first-order valence-corrected chi connectivity index (χ1v) is 4.08. The summed E-state index contributed by atoms with van der Waals surface area (Å²) in [6.45, 7) is 6.70. The summed E-state index contributed by atoms with van der Waals surface area (Å²) in [4.78, 5) is 10.7. The Morgan fingerprint density at radius 3 is 2.73 bits per heavy atom. The van der Waals surface area contributed by atoms with E-state index in [1.54, 1.807) is 13.8 Å². The van der Waals surface area contributed by atoms with Crippen molar-refractivity contribution in [2.75, 3.05) is 5.75 Å². The zero-order valence-electron chi connectivity index (χ0n) is 6.66. The van der Waals surface area contributed by atoms with Crippen molar-refractivity contribution in [2.45, 2.75) is 19.4 Å². The molecule has 0 atom stereocenters. The van der Waals surface area contributed by atoms with Crippen LogP contribution in [-0.4, -0.2) is 21.9 Å². The molecule has 0 aliphatic carbocycles. The summed E-state index contributed by atoms with van der Waals surface area (Å²) in [5, 5.41) is 0. The minimum atomic E-state index is -0.634. The molecule has 0 aromatic carbocycles. The van der Waals surface area contributed by atoms with Gasteiger partial charge in [-0.2, -0.15) is 0 Å². The quantitative estimate of drug-likeness (QED) is 0.402. The second-order valence-corrected chi connectivity index (χ2v) is 3.21. The largest absolute Gasteiger partial charge is 0.456 e. The van der Waals surface area contributed by atoms with Crippen molar-refractivity contribution in [3.05, 3.63) is 12.7 Å². The van der Waals surface area contributed by atoms with Crippen LogP contribution in [0.1, 0.15) is 13.8 Å². The van der Waals surface area contributed by atoms with E-state index in [4.69, 9.17) is 9.29 Å². The molecule has 0 rings (SSSR count). The molecule has 4 heteroatoms. The van der Waals surface area contributed by atoms with Crippen LogP contribution in [-0.2, 0) is 9.53 Å². The maximum Gasteiger partial charge on any atom is 0.330 e. The monoisotopic (exact) mass is 176 g/mol. The van der Waals surface area contributed by atoms with Crippen molar-refractivity contribution in [2.24, 2.45) is 0 Å². The third-order valence-corrected chi connectivity index (χ3v) is 1.78. The molecule has 0 aliphatic rings. The van der Waals surface area contributed by atoms with Gasteiger partial charge in [-0.3, -0.25) is 0 Å². The summed E-state index contributed by atoms with van der Waals surface area (Å²) < 4.78 is 13.4. The van der Waals surface area contributed by atoms with Crippen LogP contribution < -0.4 is 0 Å². The molecule has 0 unspecified atom stereocenters. The molecule has 0 saturated heterocycles. The van der Waals surface area contributed by atoms with E-state index in [1.807, 2.05) is 0 Å². The topological polar surface area (TPSA) is 46.5 Å². The van der Waals surface area contributed by atoms with Gasteiger partial charge in [-0.25, -0.2) is 4.79 Å². The highest BCUT2D eigenvalue weighted by atomic mass is 32.2. The lowest BCUT2D eigenvalue weighted by Crippen LogP contribution is -2.29. The maximum atomic E-state index is 10.7. The molecule has 0 aliphatic heterocycles. The third kappa shape index (κ3) is 4.86. The molecule has 0 bridgehead atoms. The molecular formula is C7H12O3S. The van der Waals surface area contributed by atoms with Gasteiger partial charge in [0.05, 0.1) is 5.75 Å². The van der Waals surface area contributed by atoms with E-state index < -0.39 is 11.6 Å². The lowest BCUT2D eigenvalue weighted by atomic mass is 10.2. The molecule has 64 valence electrons. The molecule has 0 amide bonds. The van der Waals surface area contributed by atoms with Gasteiger partial charge in [0, 0.05) is 6.08 Å². The van der Waals surface area contributed by atoms with Gasteiger partial charge in [-0.1, -0.05) is 6.58 Å². The van der Waals surface area contributed by atoms with E-state index in [2.05, 4.69) is 6.58 Å².